The molecule has 2 rings (SSSR count). The molecule has 1 unspecified atom stereocenters. The summed E-state index contributed by atoms with van der Waals surface area (Å²) in [5.41, 5.74) is 1.29. The van der Waals surface area contributed by atoms with Crippen molar-refractivity contribution in [2.45, 2.75) is 90.2 Å². The number of hydrogen-bond donors (Lipinski definition) is 0. The summed E-state index contributed by atoms with van der Waals surface area (Å²) in [6.45, 7) is 5.74. The van der Waals surface area contributed by atoms with Crippen LogP contribution in [0.2, 0.25) is 0 Å². The van der Waals surface area contributed by atoms with Gasteiger partial charge in [0.05, 0.1) is 18.9 Å². The molecule has 1 aliphatic carbocycles. The monoisotopic (exact) mass is 324 g/mol. The number of oxime groups is 1. The Balaban J connectivity index is 1.82. The van der Waals surface area contributed by atoms with Gasteiger partial charge in [-0.3, -0.25) is 4.90 Å². The number of ether oxygens (including phenoxy) is 1. The Labute approximate surface area is 142 Å². The number of nitrogens with zero attached hydrogens (tertiary/aromatic N) is 2. The molecule has 0 radical (unpaired) electrons. The Hall–Kier alpha value is -0.610. The summed E-state index contributed by atoms with van der Waals surface area (Å²) in [5.74, 6) is 0. The maximum Gasteiger partial charge on any atom is 0.181 e. The highest BCUT2D eigenvalue weighted by Gasteiger charge is 2.20. The normalized spacial score (nSPS) is 24.3. The molecule has 0 bridgehead atoms. The van der Waals surface area contributed by atoms with Gasteiger partial charge in [0.1, 0.15) is 0 Å². The summed E-state index contributed by atoms with van der Waals surface area (Å²) in [5, 5.41) is 4.59. The third-order valence-electron chi connectivity index (χ3n) is 5.04. The average Bonchev–Trinajstić information content (AvgIpc) is 2.58. The van der Waals surface area contributed by atoms with Crippen LogP contribution in [0.15, 0.2) is 5.16 Å². The molecule has 134 valence electrons. The summed E-state index contributed by atoms with van der Waals surface area (Å²) in [6.07, 6.45) is 15.6. The number of morpholine rings is 1. The molecule has 1 heterocycles. The van der Waals surface area contributed by atoms with E-state index >= 15 is 0 Å². The first kappa shape index (κ1) is 18.7. The van der Waals surface area contributed by atoms with Crippen molar-refractivity contribution in [3.63, 3.8) is 0 Å². The number of rotatable bonds is 4. The van der Waals surface area contributed by atoms with Crippen LogP contribution in [0.3, 0.4) is 0 Å². The maximum atomic E-state index is 5.95. The molecule has 1 saturated heterocycles. The Bertz CT molecular complexity index is 313. The van der Waals surface area contributed by atoms with Crippen LogP contribution in [0.1, 0.15) is 84.0 Å². The SMILES string of the molecule is CCC(ON=C1CCCCCCCCCCC1)N1CCOCC1. The summed E-state index contributed by atoms with van der Waals surface area (Å²) in [4.78, 5) is 8.32. The fourth-order valence-corrected chi connectivity index (χ4v) is 3.51. The Morgan fingerprint density at radius 2 is 1.43 bits per heavy atom. The van der Waals surface area contributed by atoms with Crippen LogP contribution in [0.5, 0.6) is 0 Å². The lowest BCUT2D eigenvalue weighted by molar-refractivity contribution is -0.0968. The van der Waals surface area contributed by atoms with Gasteiger partial charge in [0, 0.05) is 13.1 Å². The van der Waals surface area contributed by atoms with Crippen molar-refractivity contribution in [1.29, 1.82) is 0 Å². The summed E-state index contributed by atoms with van der Waals surface area (Å²) < 4.78 is 5.43. The van der Waals surface area contributed by atoms with Gasteiger partial charge < -0.3 is 9.57 Å². The first-order valence-corrected chi connectivity index (χ1v) is 9.93. The molecule has 1 aliphatic heterocycles. The fourth-order valence-electron chi connectivity index (χ4n) is 3.51. The van der Waals surface area contributed by atoms with Crippen molar-refractivity contribution in [2.75, 3.05) is 26.3 Å². The molecule has 2 fully saturated rings. The van der Waals surface area contributed by atoms with Crippen LogP contribution in [0, 0.1) is 0 Å². The molecule has 23 heavy (non-hydrogen) atoms. The van der Waals surface area contributed by atoms with Gasteiger partial charge in [-0.15, -0.1) is 0 Å². The van der Waals surface area contributed by atoms with E-state index in [1.807, 2.05) is 0 Å². The largest absolute Gasteiger partial charge is 0.379 e. The second-order valence-corrected chi connectivity index (χ2v) is 6.96. The van der Waals surface area contributed by atoms with Crippen LogP contribution in [0.4, 0.5) is 0 Å². The number of hydrogen-bond acceptors (Lipinski definition) is 4. The molecule has 2 aliphatic rings. The highest BCUT2D eigenvalue weighted by atomic mass is 16.7. The third-order valence-corrected chi connectivity index (χ3v) is 5.04. The Morgan fingerprint density at radius 1 is 0.913 bits per heavy atom. The van der Waals surface area contributed by atoms with Gasteiger partial charge in [-0.2, -0.15) is 0 Å². The molecule has 1 saturated carbocycles. The van der Waals surface area contributed by atoms with E-state index in [4.69, 9.17) is 9.57 Å². The fraction of sp³-hybridized carbons (Fsp3) is 0.947. The highest BCUT2D eigenvalue weighted by Crippen LogP contribution is 2.17. The molecule has 0 amide bonds. The van der Waals surface area contributed by atoms with E-state index in [1.54, 1.807) is 0 Å². The van der Waals surface area contributed by atoms with E-state index in [9.17, 15) is 0 Å². The first-order chi connectivity index (χ1) is 11.4. The Morgan fingerprint density at radius 3 is 1.96 bits per heavy atom. The third kappa shape index (κ3) is 7.67. The predicted octanol–water partition coefficient (Wildman–Crippen LogP) is 4.73. The van der Waals surface area contributed by atoms with Gasteiger partial charge in [-0.1, -0.05) is 57.0 Å². The molecule has 0 aromatic heterocycles. The molecule has 4 heteroatoms. The van der Waals surface area contributed by atoms with E-state index in [1.165, 1.54) is 63.5 Å². The van der Waals surface area contributed by atoms with Crippen LogP contribution in [0.25, 0.3) is 0 Å². The average molecular weight is 325 g/mol. The van der Waals surface area contributed by atoms with Gasteiger partial charge in [-0.25, -0.2) is 0 Å². The maximum absolute atomic E-state index is 5.95. The molecule has 0 spiro atoms. The van der Waals surface area contributed by atoms with E-state index in [0.29, 0.717) is 0 Å². The van der Waals surface area contributed by atoms with Crippen LogP contribution < -0.4 is 0 Å². The van der Waals surface area contributed by atoms with Crippen LogP contribution >= 0.6 is 0 Å². The van der Waals surface area contributed by atoms with Gasteiger partial charge >= 0.3 is 0 Å². The van der Waals surface area contributed by atoms with E-state index in [0.717, 1.165) is 45.6 Å². The zero-order valence-electron chi connectivity index (χ0n) is 15.1. The topological polar surface area (TPSA) is 34.1 Å². The molecule has 0 aromatic rings. The Kier molecular flexibility index (Phi) is 9.65. The lowest BCUT2D eigenvalue weighted by Crippen LogP contribution is -2.44. The van der Waals surface area contributed by atoms with Crippen molar-refractivity contribution in [1.82, 2.24) is 4.90 Å². The second-order valence-electron chi connectivity index (χ2n) is 6.96. The quantitative estimate of drug-likeness (QED) is 0.701. The molecular formula is C19H36N2O2. The highest BCUT2D eigenvalue weighted by molar-refractivity contribution is 5.83. The van der Waals surface area contributed by atoms with Gasteiger partial charge in [0.25, 0.3) is 0 Å². The smallest absolute Gasteiger partial charge is 0.181 e. The molecule has 1 atom stereocenters. The van der Waals surface area contributed by atoms with Crippen molar-refractivity contribution >= 4 is 5.71 Å². The van der Waals surface area contributed by atoms with Crippen LogP contribution in [-0.2, 0) is 9.57 Å². The van der Waals surface area contributed by atoms with Gasteiger partial charge in [0.15, 0.2) is 6.23 Å². The van der Waals surface area contributed by atoms with Crippen molar-refractivity contribution in [3.05, 3.63) is 0 Å². The molecular weight excluding hydrogens is 288 g/mol. The zero-order chi connectivity index (χ0) is 16.2. The second kappa shape index (κ2) is 11.9. The van der Waals surface area contributed by atoms with Gasteiger partial charge in [0.2, 0.25) is 0 Å². The minimum absolute atomic E-state index is 0.118. The van der Waals surface area contributed by atoms with Crippen molar-refractivity contribution in [3.8, 4) is 0 Å². The lowest BCUT2D eigenvalue weighted by atomic mass is 10.00. The van der Waals surface area contributed by atoms with E-state index in [2.05, 4.69) is 17.0 Å². The summed E-state index contributed by atoms with van der Waals surface area (Å²) >= 11 is 0. The minimum atomic E-state index is 0.118. The molecule has 4 nitrogen and oxygen atoms in total. The molecule has 0 aromatic carbocycles. The van der Waals surface area contributed by atoms with Crippen molar-refractivity contribution in [2.24, 2.45) is 5.16 Å². The first-order valence-electron chi connectivity index (χ1n) is 9.93. The van der Waals surface area contributed by atoms with Crippen molar-refractivity contribution < 1.29 is 9.57 Å². The minimum Gasteiger partial charge on any atom is -0.379 e. The van der Waals surface area contributed by atoms with Gasteiger partial charge in [-0.05, 0) is 32.1 Å². The van der Waals surface area contributed by atoms with E-state index < -0.39 is 0 Å². The lowest BCUT2D eigenvalue weighted by Gasteiger charge is -2.32. The summed E-state index contributed by atoms with van der Waals surface area (Å²) in [6, 6.07) is 0. The standard InChI is InChI=1S/C19H36N2O2/c1-2-19(21-14-16-22-17-15-21)23-20-18-12-10-8-6-4-3-5-7-9-11-13-18/h19H,2-17H2,1H3. The van der Waals surface area contributed by atoms with Crippen LogP contribution in [-0.4, -0.2) is 43.1 Å². The summed E-state index contributed by atoms with van der Waals surface area (Å²) in [7, 11) is 0. The predicted molar refractivity (Wildman–Crippen MR) is 95.8 cm³/mol. The zero-order valence-corrected chi connectivity index (χ0v) is 15.1. The van der Waals surface area contributed by atoms with E-state index in [-0.39, 0.29) is 6.23 Å². The molecule has 0 N–H and O–H groups in total.